The van der Waals surface area contributed by atoms with Crippen molar-refractivity contribution in [2.45, 2.75) is 32.3 Å². The van der Waals surface area contributed by atoms with Crippen LogP contribution in [0.5, 0.6) is 5.75 Å². The highest BCUT2D eigenvalue weighted by molar-refractivity contribution is 6.05. The number of ether oxygens (including phenoxy) is 1. The van der Waals surface area contributed by atoms with E-state index >= 15 is 0 Å². The van der Waals surface area contributed by atoms with Gasteiger partial charge in [0.25, 0.3) is 11.5 Å². The molecule has 2 aliphatic rings. The van der Waals surface area contributed by atoms with Crippen LogP contribution in [0, 0.1) is 6.92 Å². The van der Waals surface area contributed by atoms with Gasteiger partial charge >= 0.3 is 0 Å². The number of aliphatic hydroxyl groups is 1. The molecule has 2 aliphatic heterocycles. The smallest absolute Gasteiger partial charge is 0.263 e. The summed E-state index contributed by atoms with van der Waals surface area (Å²) < 4.78 is 7.62. The van der Waals surface area contributed by atoms with Crippen molar-refractivity contribution >= 4 is 40.5 Å². The summed E-state index contributed by atoms with van der Waals surface area (Å²) >= 11 is 0. The molecule has 42 heavy (non-hydrogen) atoms. The summed E-state index contributed by atoms with van der Waals surface area (Å²) in [7, 11) is 0. The summed E-state index contributed by atoms with van der Waals surface area (Å²) in [6, 6.07) is 20.6. The second-order valence-electron chi connectivity index (χ2n) is 11.0. The van der Waals surface area contributed by atoms with Gasteiger partial charge in [-0.2, -0.15) is 0 Å². The van der Waals surface area contributed by atoms with Gasteiger partial charge in [0, 0.05) is 42.8 Å². The van der Waals surface area contributed by atoms with Gasteiger partial charge in [-0.3, -0.25) is 19.1 Å². The monoisotopic (exact) mass is 588 g/mol. The van der Waals surface area contributed by atoms with Gasteiger partial charge in [-0.15, -0.1) is 12.4 Å². The Morgan fingerprint density at radius 1 is 1.02 bits per heavy atom. The van der Waals surface area contributed by atoms with Crippen molar-refractivity contribution in [3.63, 3.8) is 0 Å². The second-order valence-corrected chi connectivity index (χ2v) is 11.0. The maximum Gasteiger partial charge on any atom is 0.263 e. The van der Waals surface area contributed by atoms with Crippen LogP contribution < -0.4 is 20.5 Å². The lowest BCUT2D eigenvalue weighted by molar-refractivity contribution is 0.102. The van der Waals surface area contributed by atoms with Gasteiger partial charge in [0.2, 0.25) is 0 Å². The van der Waals surface area contributed by atoms with Crippen LogP contribution in [-0.4, -0.2) is 65.9 Å². The molecule has 0 saturated carbocycles. The van der Waals surface area contributed by atoms with E-state index in [0.717, 1.165) is 49.2 Å². The standard InChI is InChI=1S/C33H36N4O4.ClH/c1-23-7-9-26(34-32(39)25-5-4-6-27(19-25)36-15-12-28(38)22-36)20-31(23)37-16-11-24-8-10-29(21-30(24)33(37)40)41-18-17-35-13-2-3-14-35;/h4-11,16,19-21,28,38H,2-3,12-15,17-18,22H2,1H3,(H,34,39);1H/t28-;/m1./s1. The number of halogens is 1. The molecule has 3 aromatic carbocycles. The first-order valence-corrected chi connectivity index (χ1v) is 14.4. The minimum atomic E-state index is -0.337. The molecule has 0 unspecified atom stereocenters. The van der Waals surface area contributed by atoms with Crippen molar-refractivity contribution in [3.05, 3.63) is 94.4 Å². The van der Waals surface area contributed by atoms with Gasteiger partial charge < -0.3 is 20.1 Å². The largest absolute Gasteiger partial charge is 0.492 e. The molecular weight excluding hydrogens is 552 g/mol. The Morgan fingerprint density at radius 3 is 2.64 bits per heavy atom. The molecule has 1 atom stereocenters. The highest BCUT2D eigenvalue weighted by Gasteiger charge is 2.21. The van der Waals surface area contributed by atoms with E-state index in [1.807, 2.05) is 67.6 Å². The molecule has 2 N–H and O–H groups in total. The Kier molecular flexibility index (Phi) is 9.16. The summed E-state index contributed by atoms with van der Waals surface area (Å²) in [6.07, 6.45) is 4.66. The number of carbonyl (C=O) groups is 1. The predicted octanol–water partition coefficient (Wildman–Crippen LogP) is 5.02. The topological polar surface area (TPSA) is 87.0 Å². The van der Waals surface area contributed by atoms with Gasteiger partial charge in [0.05, 0.1) is 17.2 Å². The van der Waals surface area contributed by atoms with Crippen molar-refractivity contribution < 1.29 is 14.6 Å². The van der Waals surface area contributed by atoms with E-state index in [-0.39, 0.29) is 30.0 Å². The quantitative estimate of drug-likeness (QED) is 0.301. The fourth-order valence-electron chi connectivity index (χ4n) is 5.77. The number of amides is 1. The first-order chi connectivity index (χ1) is 19.9. The van der Waals surface area contributed by atoms with E-state index in [2.05, 4.69) is 15.1 Å². The average molecular weight is 589 g/mol. The third kappa shape index (κ3) is 6.46. The van der Waals surface area contributed by atoms with Gasteiger partial charge in [-0.05, 0) is 98.8 Å². The van der Waals surface area contributed by atoms with Crippen molar-refractivity contribution in [3.8, 4) is 11.4 Å². The molecule has 220 valence electrons. The molecule has 2 fully saturated rings. The molecule has 6 rings (SSSR count). The first-order valence-electron chi connectivity index (χ1n) is 14.4. The summed E-state index contributed by atoms with van der Waals surface area (Å²) in [5, 5.41) is 14.3. The van der Waals surface area contributed by atoms with Gasteiger partial charge in [0.1, 0.15) is 12.4 Å². The van der Waals surface area contributed by atoms with Crippen LogP contribution in [0.2, 0.25) is 0 Å². The number of fused-ring (bicyclic) bond motifs is 1. The number of nitrogens with zero attached hydrogens (tertiary/aromatic N) is 3. The fourth-order valence-corrected chi connectivity index (χ4v) is 5.77. The maximum absolute atomic E-state index is 13.6. The molecule has 8 nitrogen and oxygen atoms in total. The van der Waals surface area contributed by atoms with E-state index in [0.29, 0.717) is 41.2 Å². The highest BCUT2D eigenvalue weighted by atomic mass is 35.5. The number of benzene rings is 3. The Balaban J connectivity index is 0.00000353. The van der Waals surface area contributed by atoms with Gasteiger partial charge in [-0.1, -0.05) is 18.2 Å². The Hall–Kier alpha value is -3.85. The van der Waals surface area contributed by atoms with E-state index in [4.69, 9.17) is 4.74 Å². The number of hydrogen-bond donors (Lipinski definition) is 2. The Labute approximate surface area is 251 Å². The lowest BCUT2D eigenvalue weighted by atomic mass is 10.1. The number of hydrogen-bond acceptors (Lipinski definition) is 6. The summed E-state index contributed by atoms with van der Waals surface area (Å²) in [5.41, 5.74) is 3.53. The zero-order chi connectivity index (χ0) is 28.3. The van der Waals surface area contributed by atoms with E-state index < -0.39 is 0 Å². The van der Waals surface area contributed by atoms with Crippen molar-refractivity contribution in [1.29, 1.82) is 0 Å². The summed E-state index contributed by atoms with van der Waals surface area (Å²) in [5.74, 6) is 0.456. The number of carbonyl (C=O) groups excluding carboxylic acids is 1. The van der Waals surface area contributed by atoms with Crippen LogP contribution >= 0.6 is 12.4 Å². The molecule has 3 heterocycles. The lowest BCUT2D eigenvalue weighted by Gasteiger charge is -2.18. The molecule has 0 spiro atoms. The van der Waals surface area contributed by atoms with Crippen LogP contribution in [0.25, 0.3) is 16.5 Å². The van der Waals surface area contributed by atoms with Crippen LogP contribution in [0.1, 0.15) is 35.2 Å². The number of nitrogens with one attached hydrogen (secondary N) is 1. The number of likely N-dealkylation sites (tertiary alicyclic amines) is 1. The maximum atomic E-state index is 13.6. The molecule has 0 radical (unpaired) electrons. The van der Waals surface area contributed by atoms with Gasteiger partial charge in [0.15, 0.2) is 0 Å². The minimum absolute atomic E-state index is 0. The molecular formula is C33H37ClN4O4. The number of anilines is 2. The summed E-state index contributed by atoms with van der Waals surface area (Å²) in [6.45, 7) is 7.01. The number of aromatic nitrogens is 1. The number of aliphatic hydroxyl groups excluding tert-OH is 1. The molecule has 1 amide bonds. The predicted molar refractivity (Wildman–Crippen MR) is 170 cm³/mol. The number of aryl methyl sites for hydroxylation is 1. The van der Waals surface area contributed by atoms with E-state index in [9.17, 15) is 14.7 Å². The van der Waals surface area contributed by atoms with Crippen LogP contribution in [0.3, 0.4) is 0 Å². The van der Waals surface area contributed by atoms with Crippen molar-refractivity contribution in [1.82, 2.24) is 9.47 Å². The fraction of sp³-hybridized carbons (Fsp3) is 0.333. The first kappa shape index (κ1) is 29.6. The average Bonchev–Trinajstić information content (AvgIpc) is 3.67. The van der Waals surface area contributed by atoms with E-state index in [1.165, 1.54) is 12.8 Å². The third-order valence-electron chi connectivity index (χ3n) is 8.12. The SMILES string of the molecule is Cc1ccc(NC(=O)c2cccc(N3CC[C@@H](O)C3)c2)cc1-n1ccc2ccc(OCCN3CCCC3)cc2c1=O.Cl. The summed E-state index contributed by atoms with van der Waals surface area (Å²) in [4.78, 5) is 31.3. The number of rotatable bonds is 8. The second kappa shape index (κ2) is 13.0. The van der Waals surface area contributed by atoms with Crippen molar-refractivity contribution in [2.75, 3.05) is 49.5 Å². The zero-order valence-electron chi connectivity index (χ0n) is 23.8. The normalized spacial score (nSPS) is 16.9. The van der Waals surface area contributed by atoms with Crippen LogP contribution in [0.15, 0.2) is 77.7 Å². The Bertz CT molecular complexity index is 1630. The zero-order valence-corrected chi connectivity index (χ0v) is 24.6. The molecule has 0 bridgehead atoms. The van der Waals surface area contributed by atoms with Crippen LogP contribution in [0.4, 0.5) is 11.4 Å². The highest BCUT2D eigenvalue weighted by Crippen LogP contribution is 2.25. The lowest BCUT2D eigenvalue weighted by Crippen LogP contribution is -2.25. The molecule has 1 aromatic heterocycles. The number of β-amino-alcohol motifs (C(OH)–C–C–N with tert-alkyl or cyclic N) is 1. The third-order valence-corrected chi connectivity index (χ3v) is 8.12. The Morgan fingerprint density at radius 2 is 1.86 bits per heavy atom. The molecule has 9 heteroatoms. The van der Waals surface area contributed by atoms with Crippen molar-refractivity contribution in [2.24, 2.45) is 0 Å². The van der Waals surface area contributed by atoms with E-state index in [1.54, 1.807) is 16.8 Å². The molecule has 2 saturated heterocycles. The van der Waals surface area contributed by atoms with Gasteiger partial charge in [-0.25, -0.2) is 0 Å². The number of pyridine rings is 1. The minimum Gasteiger partial charge on any atom is -0.492 e. The van der Waals surface area contributed by atoms with Crippen LogP contribution in [-0.2, 0) is 0 Å². The molecule has 0 aliphatic carbocycles. The molecule has 4 aromatic rings.